The monoisotopic (exact) mass is 352 g/mol. The van der Waals surface area contributed by atoms with Gasteiger partial charge in [0.1, 0.15) is 12.2 Å². The van der Waals surface area contributed by atoms with Crippen molar-refractivity contribution in [1.82, 2.24) is 0 Å². The fourth-order valence-electron chi connectivity index (χ4n) is 3.24. The molecule has 1 aliphatic heterocycles. The zero-order valence-corrected chi connectivity index (χ0v) is 16.2. The summed E-state index contributed by atoms with van der Waals surface area (Å²) in [5, 5.41) is 20.7. The summed E-state index contributed by atoms with van der Waals surface area (Å²) in [6, 6.07) is 0. The molecule has 5 heteroatoms. The van der Waals surface area contributed by atoms with Crippen LogP contribution in [0, 0.1) is 17.8 Å². The maximum absolute atomic E-state index is 12.3. The van der Waals surface area contributed by atoms with Crippen molar-refractivity contribution >= 4 is 11.8 Å². The third-order valence-electron chi connectivity index (χ3n) is 4.92. The smallest absolute Gasteiger partial charge is 0.312 e. The van der Waals surface area contributed by atoms with E-state index in [2.05, 4.69) is 0 Å². The molecule has 0 aliphatic carbocycles. The van der Waals surface area contributed by atoms with E-state index in [-0.39, 0.29) is 24.4 Å². The van der Waals surface area contributed by atoms with E-state index in [9.17, 15) is 19.8 Å². The molecular weight excluding hydrogens is 320 g/mol. The highest BCUT2D eigenvalue weighted by atomic mass is 16.5. The van der Waals surface area contributed by atoms with Gasteiger partial charge in [0, 0.05) is 18.3 Å². The number of esters is 1. The highest BCUT2D eigenvalue weighted by molar-refractivity contribution is 5.89. The van der Waals surface area contributed by atoms with E-state index in [1.807, 2.05) is 39.8 Å². The predicted molar refractivity (Wildman–Crippen MR) is 96.8 cm³/mol. The van der Waals surface area contributed by atoms with E-state index in [4.69, 9.17) is 4.74 Å². The summed E-state index contributed by atoms with van der Waals surface area (Å²) in [5.74, 6) is -2.12. The standard InChI is InChI=1S/C20H32O5/c1-7-17-12(3)10-14(5)18(22)13(4)8-11(2)9-16(21)19(23)15(6)20(24)25-17/h8,10,12-13,15,17-19,22-23H,7,9H2,1-6H3/b11-8+,14-10+/t12?,13?,15-,17+,18?,19?/m1/s1. The second-order valence-corrected chi connectivity index (χ2v) is 7.35. The van der Waals surface area contributed by atoms with Gasteiger partial charge in [-0.15, -0.1) is 0 Å². The molecular formula is C20H32O5. The first-order chi connectivity index (χ1) is 11.6. The van der Waals surface area contributed by atoms with Crippen LogP contribution in [0.2, 0.25) is 0 Å². The van der Waals surface area contributed by atoms with Crippen LogP contribution in [0.4, 0.5) is 0 Å². The Morgan fingerprint density at radius 3 is 2.20 bits per heavy atom. The number of ether oxygens (including phenoxy) is 1. The van der Waals surface area contributed by atoms with Crippen LogP contribution in [0.3, 0.4) is 0 Å². The van der Waals surface area contributed by atoms with Gasteiger partial charge >= 0.3 is 5.97 Å². The fourth-order valence-corrected chi connectivity index (χ4v) is 3.24. The highest BCUT2D eigenvalue weighted by Gasteiger charge is 2.32. The topological polar surface area (TPSA) is 83.8 Å². The summed E-state index contributed by atoms with van der Waals surface area (Å²) in [7, 11) is 0. The molecule has 25 heavy (non-hydrogen) atoms. The van der Waals surface area contributed by atoms with Gasteiger partial charge in [0.15, 0.2) is 5.78 Å². The Labute approximate surface area is 150 Å². The zero-order valence-electron chi connectivity index (χ0n) is 16.2. The summed E-state index contributed by atoms with van der Waals surface area (Å²) in [4.78, 5) is 24.6. The Morgan fingerprint density at radius 1 is 1.04 bits per heavy atom. The van der Waals surface area contributed by atoms with Crippen LogP contribution in [0.15, 0.2) is 23.3 Å². The Kier molecular flexibility index (Phi) is 8.03. The number of carbonyl (C=O) groups excluding carboxylic acids is 2. The minimum absolute atomic E-state index is 0.0478. The Bertz CT molecular complexity index is 548. The number of hydrogen-bond donors (Lipinski definition) is 2. The van der Waals surface area contributed by atoms with Crippen LogP contribution in [0.25, 0.3) is 0 Å². The molecule has 5 nitrogen and oxygen atoms in total. The third kappa shape index (κ3) is 5.79. The van der Waals surface area contributed by atoms with Gasteiger partial charge in [-0.3, -0.25) is 9.59 Å². The van der Waals surface area contributed by atoms with Gasteiger partial charge in [-0.05, 0) is 32.8 Å². The number of rotatable bonds is 1. The van der Waals surface area contributed by atoms with Crippen LogP contribution in [-0.4, -0.2) is 40.3 Å². The van der Waals surface area contributed by atoms with Gasteiger partial charge < -0.3 is 14.9 Å². The molecule has 142 valence electrons. The maximum Gasteiger partial charge on any atom is 0.312 e. The van der Waals surface area contributed by atoms with E-state index < -0.39 is 29.9 Å². The number of carbonyl (C=O) groups is 2. The SMILES string of the molecule is CC[C@@H]1OC(=O)[C@H](C)C(O)C(=O)C/C(C)=C/C(C)C(O)/C(C)=C/C1C. The number of cyclic esters (lactones) is 1. The third-order valence-corrected chi connectivity index (χ3v) is 4.92. The molecule has 1 aliphatic rings. The molecule has 0 aromatic carbocycles. The van der Waals surface area contributed by atoms with E-state index in [0.717, 1.165) is 11.1 Å². The highest BCUT2D eigenvalue weighted by Crippen LogP contribution is 2.23. The predicted octanol–water partition coefficient (Wildman–Crippen LogP) is 2.80. The molecule has 0 saturated heterocycles. The molecule has 1 heterocycles. The summed E-state index contributed by atoms with van der Waals surface area (Å²) >= 11 is 0. The zero-order chi connectivity index (χ0) is 19.3. The fraction of sp³-hybridized carbons (Fsp3) is 0.700. The van der Waals surface area contributed by atoms with Crippen LogP contribution in [-0.2, 0) is 14.3 Å². The molecule has 0 aromatic heterocycles. The second-order valence-electron chi connectivity index (χ2n) is 7.35. The van der Waals surface area contributed by atoms with Crippen LogP contribution in [0.1, 0.15) is 54.4 Å². The first-order valence-electron chi connectivity index (χ1n) is 9.03. The van der Waals surface area contributed by atoms with E-state index in [1.165, 1.54) is 6.92 Å². The van der Waals surface area contributed by atoms with Crippen molar-refractivity contribution < 1.29 is 24.5 Å². The molecule has 4 unspecified atom stereocenters. The average molecular weight is 352 g/mol. The lowest BCUT2D eigenvalue weighted by Gasteiger charge is -2.26. The van der Waals surface area contributed by atoms with Crippen molar-refractivity contribution in [1.29, 1.82) is 0 Å². The van der Waals surface area contributed by atoms with Crippen molar-refractivity contribution in [3.8, 4) is 0 Å². The number of aliphatic hydroxyl groups is 2. The summed E-state index contributed by atoms with van der Waals surface area (Å²) in [5.41, 5.74) is 1.58. The molecule has 0 spiro atoms. The summed E-state index contributed by atoms with van der Waals surface area (Å²) in [6.45, 7) is 10.9. The summed E-state index contributed by atoms with van der Waals surface area (Å²) in [6.07, 6.45) is 2.02. The largest absolute Gasteiger partial charge is 0.461 e. The quantitative estimate of drug-likeness (QED) is 0.560. The molecule has 0 fully saturated rings. The average Bonchev–Trinajstić information content (AvgIpc) is 2.55. The van der Waals surface area contributed by atoms with Gasteiger partial charge in [0.2, 0.25) is 0 Å². The van der Waals surface area contributed by atoms with E-state index >= 15 is 0 Å². The second kappa shape index (κ2) is 9.30. The molecule has 0 aromatic rings. The van der Waals surface area contributed by atoms with Gasteiger partial charge in [-0.25, -0.2) is 0 Å². The summed E-state index contributed by atoms with van der Waals surface area (Å²) < 4.78 is 5.53. The minimum Gasteiger partial charge on any atom is -0.461 e. The molecule has 2 N–H and O–H groups in total. The molecule has 0 saturated carbocycles. The Hall–Kier alpha value is -1.46. The minimum atomic E-state index is -1.39. The van der Waals surface area contributed by atoms with Crippen molar-refractivity contribution in [2.75, 3.05) is 0 Å². The normalized spacial score (nSPS) is 40.3. The Morgan fingerprint density at radius 2 is 1.64 bits per heavy atom. The number of hydrogen-bond acceptors (Lipinski definition) is 5. The lowest BCUT2D eigenvalue weighted by molar-refractivity contribution is -0.161. The van der Waals surface area contributed by atoms with E-state index in [0.29, 0.717) is 6.42 Å². The van der Waals surface area contributed by atoms with Crippen molar-refractivity contribution in [3.63, 3.8) is 0 Å². The van der Waals surface area contributed by atoms with Crippen LogP contribution >= 0.6 is 0 Å². The van der Waals surface area contributed by atoms with Crippen LogP contribution < -0.4 is 0 Å². The first kappa shape index (κ1) is 21.6. The van der Waals surface area contributed by atoms with Crippen molar-refractivity contribution in [2.45, 2.75) is 72.7 Å². The van der Waals surface area contributed by atoms with Crippen LogP contribution in [0.5, 0.6) is 0 Å². The maximum atomic E-state index is 12.3. The van der Waals surface area contributed by atoms with Crippen molar-refractivity contribution in [2.24, 2.45) is 17.8 Å². The molecule has 0 bridgehead atoms. The number of allylic oxidation sites excluding steroid dienone is 1. The lowest BCUT2D eigenvalue weighted by atomic mass is 9.90. The van der Waals surface area contributed by atoms with E-state index in [1.54, 1.807) is 6.92 Å². The van der Waals surface area contributed by atoms with Gasteiger partial charge in [-0.1, -0.05) is 38.5 Å². The number of aliphatic hydroxyl groups excluding tert-OH is 2. The number of ketones is 1. The molecule has 1 rings (SSSR count). The lowest BCUT2D eigenvalue weighted by Crippen LogP contribution is -2.37. The molecule has 0 amide bonds. The van der Waals surface area contributed by atoms with Gasteiger partial charge in [0.05, 0.1) is 12.0 Å². The molecule has 0 radical (unpaired) electrons. The van der Waals surface area contributed by atoms with Gasteiger partial charge in [0.25, 0.3) is 0 Å². The Balaban J connectivity index is 3.24. The van der Waals surface area contributed by atoms with Gasteiger partial charge in [-0.2, -0.15) is 0 Å². The molecule has 6 atom stereocenters. The number of Topliss-reactive ketones (excluding diaryl/α,β-unsaturated/α-hetero) is 1. The van der Waals surface area contributed by atoms with Crippen molar-refractivity contribution in [3.05, 3.63) is 23.3 Å². The first-order valence-corrected chi connectivity index (χ1v) is 9.03.